The quantitative estimate of drug-likeness (QED) is 0.382. The molecule has 0 aliphatic rings. The van der Waals surface area contributed by atoms with Crippen LogP contribution in [0.3, 0.4) is 0 Å². The Morgan fingerprint density at radius 1 is 0.522 bits per heavy atom. The van der Waals surface area contributed by atoms with E-state index < -0.39 is 0 Å². The normalized spacial score (nSPS) is 11.4. The summed E-state index contributed by atoms with van der Waals surface area (Å²) in [6.45, 7) is 4.53. The Morgan fingerprint density at radius 3 is 1.91 bits per heavy atom. The Kier molecular flexibility index (Phi) is 3.38. The van der Waals surface area contributed by atoms with E-state index in [-0.39, 0.29) is 0 Å². The lowest BCUT2D eigenvalue weighted by molar-refractivity contribution is 0.876. The van der Waals surface area contributed by atoms with Crippen molar-refractivity contribution < 1.29 is 0 Å². The first-order chi connectivity index (χ1) is 11.3. The molecule has 23 heavy (non-hydrogen) atoms. The van der Waals surface area contributed by atoms with Gasteiger partial charge >= 0.3 is 0 Å². The van der Waals surface area contributed by atoms with Crippen LogP contribution in [-0.2, 0) is 0 Å². The van der Waals surface area contributed by atoms with Gasteiger partial charge in [-0.3, -0.25) is 0 Å². The van der Waals surface area contributed by atoms with Crippen LogP contribution < -0.4 is 0 Å². The predicted octanol–water partition coefficient (Wildman–Crippen LogP) is 6.78. The van der Waals surface area contributed by atoms with Crippen LogP contribution >= 0.6 is 0 Å². The van der Waals surface area contributed by atoms with Gasteiger partial charge in [0.2, 0.25) is 0 Å². The third-order valence-corrected chi connectivity index (χ3v) is 4.66. The van der Waals surface area contributed by atoms with Gasteiger partial charge in [-0.05, 0) is 44.2 Å². The largest absolute Gasteiger partial charge is 0.0616 e. The fourth-order valence-electron chi connectivity index (χ4n) is 3.52. The van der Waals surface area contributed by atoms with Crippen LogP contribution in [0.2, 0.25) is 0 Å². The van der Waals surface area contributed by atoms with Gasteiger partial charge < -0.3 is 0 Å². The Morgan fingerprint density at radius 2 is 1.13 bits per heavy atom. The fourth-order valence-corrected chi connectivity index (χ4v) is 3.52. The SMILES string of the molecule is CC(C)c1ccc(-c2cccc3ccccc23)c2ccccc12. The van der Waals surface area contributed by atoms with Gasteiger partial charge in [0, 0.05) is 0 Å². The summed E-state index contributed by atoms with van der Waals surface area (Å²) in [5.74, 6) is 0.529. The van der Waals surface area contributed by atoms with E-state index in [0.717, 1.165) is 0 Å². The molecule has 0 bridgehead atoms. The van der Waals surface area contributed by atoms with Crippen molar-refractivity contribution >= 4 is 21.5 Å². The molecule has 0 spiro atoms. The molecule has 0 N–H and O–H groups in total. The average Bonchev–Trinajstić information content (AvgIpc) is 2.60. The first-order valence-corrected chi connectivity index (χ1v) is 8.25. The lowest BCUT2D eigenvalue weighted by atomic mass is 9.89. The van der Waals surface area contributed by atoms with Crippen LogP contribution in [-0.4, -0.2) is 0 Å². The van der Waals surface area contributed by atoms with Crippen LogP contribution in [0.5, 0.6) is 0 Å². The fraction of sp³-hybridized carbons (Fsp3) is 0.130. The summed E-state index contributed by atoms with van der Waals surface area (Å²) in [5.41, 5.74) is 4.06. The maximum Gasteiger partial charge on any atom is -0.00990 e. The van der Waals surface area contributed by atoms with Crippen LogP contribution in [0.1, 0.15) is 25.3 Å². The third-order valence-electron chi connectivity index (χ3n) is 4.66. The molecule has 112 valence electrons. The van der Waals surface area contributed by atoms with Gasteiger partial charge in [0.15, 0.2) is 0 Å². The summed E-state index contributed by atoms with van der Waals surface area (Å²) in [4.78, 5) is 0. The molecule has 0 saturated carbocycles. The zero-order valence-corrected chi connectivity index (χ0v) is 13.6. The molecule has 0 aliphatic carbocycles. The number of hydrogen-bond donors (Lipinski definition) is 0. The van der Waals surface area contributed by atoms with Crippen LogP contribution in [0.25, 0.3) is 32.7 Å². The molecule has 0 fully saturated rings. The molecule has 4 aromatic carbocycles. The summed E-state index contributed by atoms with van der Waals surface area (Å²) in [6.07, 6.45) is 0. The third kappa shape index (κ3) is 2.31. The molecule has 0 unspecified atom stereocenters. The predicted molar refractivity (Wildman–Crippen MR) is 101 cm³/mol. The first-order valence-electron chi connectivity index (χ1n) is 8.25. The standard InChI is InChI=1S/C23H20/c1-16(2)18-14-15-23(22-12-6-5-11-20(18)22)21-13-7-9-17-8-3-4-10-19(17)21/h3-16H,1-2H3. The zero-order chi connectivity index (χ0) is 15.8. The van der Waals surface area contributed by atoms with Crippen molar-refractivity contribution in [3.05, 3.63) is 84.4 Å². The average molecular weight is 296 g/mol. The highest BCUT2D eigenvalue weighted by Crippen LogP contribution is 2.36. The molecule has 0 aromatic heterocycles. The van der Waals surface area contributed by atoms with Crippen molar-refractivity contribution in [1.82, 2.24) is 0 Å². The molecule has 0 aliphatic heterocycles. The Hall–Kier alpha value is -2.60. The lowest BCUT2D eigenvalue weighted by Gasteiger charge is -2.15. The second-order valence-electron chi connectivity index (χ2n) is 6.43. The van der Waals surface area contributed by atoms with E-state index in [4.69, 9.17) is 0 Å². The molecule has 4 rings (SSSR count). The summed E-state index contributed by atoms with van der Waals surface area (Å²) < 4.78 is 0. The van der Waals surface area contributed by atoms with E-state index in [1.165, 1.54) is 38.2 Å². The van der Waals surface area contributed by atoms with Gasteiger partial charge in [-0.2, -0.15) is 0 Å². The minimum Gasteiger partial charge on any atom is -0.0616 e. The lowest BCUT2D eigenvalue weighted by Crippen LogP contribution is -1.92. The second kappa shape index (κ2) is 5.55. The van der Waals surface area contributed by atoms with E-state index in [2.05, 4.69) is 92.7 Å². The molecule has 0 heteroatoms. The zero-order valence-electron chi connectivity index (χ0n) is 13.6. The highest BCUT2D eigenvalue weighted by Gasteiger charge is 2.11. The molecule has 4 aromatic rings. The summed E-state index contributed by atoms with van der Waals surface area (Å²) >= 11 is 0. The number of hydrogen-bond acceptors (Lipinski definition) is 0. The number of rotatable bonds is 2. The monoisotopic (exact) mass is 296 g/mol. The number of benzene rings is 4. The molecule has 0 nitrogen and oxygen atoms in total. The van der Waals surface area contributed by atoms with Gasteiger partial charge in [-0.1, -0.05) is 92.7 Å². The molecule has 0 saturated heterocycles. The highest BCUT2D eigenvalue weighted by atomic mass is 14.1. The topological polar surface area (TPSA) is 0 Å². The van der Waals surface area contributed by atoms with Gasteiger partial charge in [0.25, 0.3) is 0 Å². The van der Waals surface area contributed by atoms with Gasteiger partial charge in [-0.15, -0.1) is 0 Å². The van der Waals surface area contributed by atoms with Gasteiger partial charge in [-0.25, -0.2) is 0 Å². The maximum atomic E-state index is 2.30. The van der Waals surface area contributed by atoms with E-state index >= 15 is 0 Å². The maximum absolute atomic E-state index is 2.30. The molecule has 0 heterocycles. The molecule has 0 radical (unpaired) electrons. The van der Waals surface area contributed by atoms with Crippen LogP contribution in [0.15, 0.2) is 78.9 Å². The molecule has 0 amide bonds. The van der Waals surface area contributed by atoms with Crippen molar-refractivity contribution in [2.75, 3.05) is 0 Å². The smallest absolute Gasteiger partial charge is 0.00990 e. The van der Waals surface area contributed by atoms with Crippen LogP contribution in [0.4, 0.5) is 0 Å². The van der Waals surface area contributed by atoms with E-state index in [0.29, 0.717) is 5.92 Å². The van der Waals surface area contributed by atoms with Gasteiger partial charge in [0.1, 0.15) is 0 Å². The minimum absolute atomic E-state index is 0.529. The van der Waals surface area contributed by atoms with E-state index in [1.807, 2.05) is 0 Å². The highest BCUT2D eigenvalue weighted by molar-refractivity contribution is 6.06. The van der Waals surface area contributed by atoms with E-state index in [1.54, 1.807) is 0 Å². The van der Waals surface area contributed by atoms with Crippen molar-refractivity contribution in [3.63, 3.8) is 0 Å². The molecular formula is C23H20. The Labute approximate surface area is 137 Å². The minimum atomic E-state index is 0.529. The number of fused-ring (bicyclic) bond motifs is 2. The van der Waals surface area contributed by atoms with Gasteiger partial charge in [0.05, 0.1) is 0 Å². The van der Waals surface area contributed by atoms with Crippen molar-refractivity contribution in [1.29, 1.82) is 0 Å². The van der Waals surface area contributed by atoms with Crippen molar-refractivity contribution in [2.45, 2.75) is 19.8 Å². The van der Waals surface area contributed by atoms with Crippen molar-refractivity contribution in [2.24, 2.45) is 0 Å². The Bertz CT molecular complexity index is 988. The first kappa shape index (κ1) is 14.0. The summed E-state index contributed by atoms with van der Waals surface area (Å²) in [7, 11) is 0. The Balaban J connectivity index is 2.08. The second-order valence-corrected chi connectivity index (χ2v) is 6.43. The van der Waals surface area contributed by atoms with Crippen LogP contribution in [0, 0.1) is 0 Å². The molecule has 0 atom stereocenters. The van der Waals surface area contributed by atoms with E-state index in [9.17, 15) is 0 Å². The summed E-state index contributed by atoms with van der Waals surface area (Å²) in [6, 6.07) is 28.6. The summed E-state index contributed by atoms with van der Waals surface area (Å²) in [5, 5.41) is 5.32. The molecular weight excluding hydrogens is 276 g/mol. The van der Waals surface area contributed by atoms with Crippen molar-refractivity contribution in [3.8, 4) is 11.1 Å².